The van der Waals surface area contributed by atoms with Crippen LogP contribution >= 0.6 is 0 Å². The molecule has 5 rings (SSSR count). The quantitative estimate of drug-likeness (QED) is 0.429. The summed E-state index contributed by atoms with van der Waals surface area (Å²) >= 11 is 0. The third kappa shape index (κ3) is 3.47. The van der Waals surface area contributed by atoms with Crippen LogP contribution in [-0.2, 0) is 19.7 Å². The molecular formula is C25H25F2N3O4. The minimum atomic E-state index is -1.04. The summed E-state index contributed by atoms with van der Waals surface area (Å²) in [6.07, 6.45) is 0.805. The zero-order valence-electron chi connectivity index (χ0n) is 19.1. The van der Waals surface area contributed by atoms with Crippen molar-refractivity contribution in [2.45, 2.75) is 37.7 Å². The molecule has 1 saturated heterocycles. The number of rotatable bonds is 6. The molecule has 2 aromatic heterocycles. The molecule has 9 heteroatoms. The summed E-state index contributed by atoms with van der Waals surface area (Å²) in [4.78, 5) is 11.6. The number of ether oxygens (including phenoxy) is 2. The zero-order chi connectivity index (χ0) is 24.2. The van der Waals surface area contributed by atoms with Gasteiger partial charge in [0.25, 0.3) is 0 Å². The Morgan fingerprint density at radius 3 is 2.71 bits per heavy atom. The number of H-pyrrole nitrogens is 1. The Kier molecular flexibility index (Phi) is 5.41. The number of nitrogens with one attached hydrogen (secondary N) is 1. The van der Waals surface area contributed by atoms with Crippen molar-refractivity contribution in [3.8, 4) is 5.69 Å². The van der Waals surface area contributed by atoms with Crippen LogP contribution in [0.3, 0.4) is 0 Å². The van der Waals surface area contributed by atoms with E-state index in [1.807, 2.05) is 24.5 Å². The molecule has 4 aromatic rings. The van der Waals surface area contributed by atoms with Gasteiger partial charge in [0.15, 0.2) is 11.9 Å². The van der Waals surface area contributed by atoms with Crippen LogP contribution in [0.4, 0.5) is 8.78 Å². The van der Waals surface area contributed by atoms with Gasteiger partial charge < -0.3 is 19.1 Å². The van der Waals surface area contributed by atoms with Gasteiger partial charge in [-0.15, -0.1) is 0 Å². The number of carboxylic acids is 1. The minimum Gasteiger partial charge on any atom is -0.479 e. The van der Waals surface area contributed by atoms with Crippen molar-refractivity contribution < 1.29 is 28.2 Å². The van der Waals surface area contributed by atoms with Crippen LogP contribution in [-0.4, -0.2) is 52.3 Å². The first-order valence-corrected chi connectivity index (χ1v) is 11.0. The largest absolute Gasteiger partial charge is 0.479 e. The van der Waals surface area contributed by atoms with Crippen molar-refractivity contribution >= 4 is 27.8 Å². The highest BCUT2D eigenvalue weighted by atomic mass is 19.1. The summed E-state index contributed by atoms with van der Waals surface area (Å²) in [6.45, 7) is 4.46. The van der Waals surface area contributed by atoms with E-state index < -0.39 is 23.3 Å². The van der Waals surface area contributed by atoms with E-state index in [0.29, 0.717) is 34.1 Å². The van der Waals surface area contributed by atoms with Crippen LogP contribution in [0, 0.1) is 11.6 Å². The normalized spacial score (nSPS) is 18.9. The standard InChI is InChI=1S/C25H25F2N3O4/c1-25(2,12-33-3)23-19(14-9-18(24(31)32)34-11-14)20-17(8-13-10-28-29-22(13)21(20)27)30(23)16-6-4-15(26)5-7-16/h4-8,10,14,18H,9,11-12H2,1-3H3,(H,28,29)(H,31,32). The molecule has 7 nitrogen and oxygen atoms in total. The second-order valence-electron chi connectivity index (χ2n) is 9.40. The first-order chi connectivity index (χ1) is 16.2. The minimum absolute atomic E-state index is 0.149. The van der Waals surface area contributed by atoms with Crippen LogP contribution in [0.15, 0.2) is 36.5 Å². The van der Waals surface area contributed by atoms with E-state index in [1.54, 1.807) is 25.4 Å². The molecule has 178 valence electrons. The van der Waals surface area contributed by atoms with E-state index >= 15 is 4.39 Å². The Hall–Kier alpha value is -3.30. The third-order valence-corrected chi connectivity index (χ3v) is 6.56. The number of benzene rings is 2. The maximum Gasteiger partial charge on any atom is 0.332 e. The number of nitrogens with zero attached hydrogens (tertiary/aromatic N) is 2. The van der Waals surface area contributed by atoms with Gasteiger partial charge in [0.1, 0.15) is 11.3 Å². The average Bonchev–Trinajstić information content (AvgIpc) is 3.51. The fourth-order valence-electron chi connectivity index (χ4n) is 5.18. The highest BCUT2D eigenvalue weighted by Crippen LogP contribution is 2.46. The fraction of sp³-hybridized carbons (Fsp3) is 0.360. The highest BCUT2D eigenvalue weighted by molar-refractivity contribution is 6.00. The van der Waals surface area contributed by atoms with E-state index in [-0.39, 0.29) is 30.3 Å². The van der Waals surface area contributed by atoms with Crippen LogP contribution in [0.25, 0.3) is 27.5 Å². The molecule has 2 N–H and O–H groups in total. The topological polar surface area (TPSA) is 89.4 Å². The number of fused-ring (bicyclic) bond motifs is 2. The van der Waals surface area contributed by atoms with Gasteiger partial charge in [-0.1, -0.05) is 13.8 Å². The number of halogens is 2. The summed E-state index contributed by atoms with van der Waals surface area (Å²) in [6, 6.07) is 7.86. The van der Waals surface area contributed by atoms with Crippen LogP contribution in [0.1, 0.15) is 37.4 Å². The Bertz CT molecular complexity index is 1390. The summed E-state index contributed by atoms with van der Waals surface area (Å²) in [5.74, 6) is -2.24. The Morgan fingerprint density at radius 1 is 1.32 bits per heavy atom. The van der Waals surface area contributed by atoms with Gasteiger partial charge in [-0.2, -0.15) is 5.10 Å². The number of hydrogen-bond donors (Lipinski definition) is 2. The van der Waals surface area contributed by atoms with Gasteiger partial charge >= 0.3 is 5.97 Å². The fourth-order valence-corrected chi connectivity index (χ4v) is 5.18. The Morgan fingerprint density at radius 2 is 2.06 bits per heavy atom. The van der Waals surface area contributed by atoms with Gasteiger partial charge in [0, 0.05) is 40.6 Å². The molecule has 1 fully saturated rings. The molecule has 0 saturated carbocycles. The van der Waals surface area contributed by atoms with E-state index in [2.05, 4.69) is 10.2 Å². The summed E-state index contributed by atoms with van der Waals surface area (Å²) in [5, 5.41) is 17.2. The number of aromatic amines is 1. The van der Waals surface area contributed by atoms with Crippen LogP contribution < -0.4 is 0 Å². The molecule has 0 bridgehead atoms. The molecule has 3 heterocycles. The number of aliphatic carboxylic acids is 1. The molecule has 0 amide bonds. The monoisotopic (exact) mass is 469 g/mol. The molecule has 1 aliphatic heterocycles. The number of methoxy groups -OCH3 is 1. The molecule has 0 spiro atoms. The highest BCUT2D eigenvalue weighted by Gasteiger charge is 2.40. The zero-order valence-corrected chi connectivity index (χ0v) is 19.1. The van der Waals surface area contributed by atoms with Crippen LogP contribution in [0.2, 0.25) is 0 Å². The average molecular weight is 469 g/mol. The van der Waals surface area contributed by atoms with E-state index in [4.69, 9.17) is 9.47 Å². The van der Waals surface area contributed by atoms with Crippen molar-refractivity contribution in [3.63, 3.8) is 0 Å². The van der Waals surface area contributed by atoms with E-state index in [0.717, 1.165) is 5.69 Å². The molecule has 2 atom stereocenters. The lowest BCUT2D eigenvalue weighted by Crippen LogP contribution is -2.29. The van der Waals surface area contributed by atoms with Gasteiger partial charge in [-0.05, 0) is 42.3 Å². The molecule has 2 aromatic carbocycles. The molecule has 2 unspecified atom stereocenters. The lowest BCUT2D eigenvalue weighted by Gasteiger charge is -2.29. The van der Waals surface area contributed by atoms with Gasteiger partial charge in [0.05, 0.1) is 24.9 Å². The van der Waals surface area contributed by atoms with Gasteiger partial charge in [-0.3, -0.25) is 5.10 Å². The molecule has 34 heavy (non-hydrogen) atoms. The Balaban J connectivity index is 1.91. The lowest BCUT2D eigenvalue weighted by molar-refractivity contribution is -0.147. The molecule has 0 aliphatic carbocycles. The molecule has 1 aliphatic rings. The number of hydrogen-bond acceptors (Lipinski definition) is 4. The predicted octanol–water partition coefficient (Wildman–Crippen LogP) is 4.67. The van der Waals surface area contributed by atoms with Gasteiger partial charge in [0.2, 0.25) is 0 Å². The molecular weight excluding hydrogens is 444 g/mol. The van der Waals surface area contributed by atoms with E-state index in [1.165, 1.54) is 12.1 Å². The Labute approximate surface area is 194 Å². The smallest absolute Gasteiger partial charge is 0.332 e. The van der Waals surface area contributed by atoms with Crippen molar-refractivity contribution in [1.29, 1.82) is 0 Å². The predicted molar refractivity (Wildman–Crippen MR) is 122 cm³/mol. The molecule has 0 radical (unpaired) electrons. The van der Waals surface area contributed by atoms with Crippen molar-refractivity contribution in [2.24, 2.45) is 0 Å². The first kappa shape index (κ1) is 22.5. The summed E-state index contributed by atoms with van der Waals surface area (Å²) < 4.78 is 42.9. The van der Waals surface area contributed by atoms with Crippen molar-refractivity contribution in [2.75, 3.05) is 20.3 Å². The maximum atomic E-state index is 16.1. The second kappa shape index (κ2) is 8.18. The van der Waals surface area contributed by atoms with E-state index in [9.17, 15) is 14.3 Å². The second-order valence-corrected chi connectivity index (χ2v) is 9.40. The maximum absolute atomic E-state index is 16.1. The number of carboxylic acid groups (broad SMARTS) is 1. The lowest BCUT2D eigenvalue weighted by atomic mass is 9.82. The third-order valence-electron chi connectivity index (χ3n) is 6.56. The van der Waals surface area contributed by atoms with Gasteiger partial charge in [-0.25, -0.2) is 13.6 Å². The summed E-state index contributed by atoms with van der Waals surface area (Å²) in [5.41, 5.74) is 2.37. The SMILES string of the molecule is COCC(C)(C)c1c(C2COC(C(=O)O)C2)c2c(F)c3[nH]ncc3cc2n1-c1ccc(F)cc1. The summed E-state index contributed by atoms with van der Waals surface area (Å²) in [7, 11) is 1.60. The first-order valence-electron chi connectivity index (χ1n) is 11.0. The number of carbonyl (C=O) groups is 1. The van der Waals surface area contributed by atoms with Crippen LogP contribution in [0.5, 0.6) is 0 Å². The number of aromatic nitrogens is 3. The van der Waals surface area contributed by atoms with Crippen molar-refractivity contribution in [1.82, 2.24) is 14.8 Å². The van der Waals surface area contributed by atoms with Crippen molar-refractivity contribution in [3.05, 3.63) is 59.4 Å².